The smallest absolute Gasteiger partial charge is 0.497 e. The molecule has 0 N–H and O–H groups in total. The van der Waals surface area contributed by atoms with Crippen LogP contribution in [0.3, 0.4) is 0 Å². The summed E-state index contributed by atoms with van der Waals surface area (Å²) < 4.78 is 11.5. The zero-order valence-electron chi connectivity index (χ0n) is 36.4. The molecule has 6 heteroatoms. The van der Waals surface area contributed by atoms with Gasteiger partial charge in [0, 0.05) is 22.7 Å². The van der Waals surface area contributed by atoms with Crippen LogP contribution in [-0.4, -0.2) is 18.9 Å². The SMILES string of the molecule is Cc1cc2c3c(C)cc(Oc4[c-]c(-c5nc6ccccc6n5-c5c(C(C)C)cc(-c6ccccc6)cc5C(C)C)ccc4)[c-]c3c3nc4cc5ccccc5cc4n3c2cc1C.[Pt+2]. The van der Waals surface area contributed by atoms with E-state index in [1.807, 2.05) is 12.1 Å². The number of pyridine rings is 1. The van der Waals surface area contributed by atoms with Gasteiger partial charge < -0.3 is 13.7 Å². The number of hydrogen-bond donors (Lipinski definition) is 0. The molecule has 0 atom stereocenters. The molecule has 0 aliphatic heterocycles. The van der Waals surface area contributed by atoms with Crippen LogP contribution in [0.15, 0.2) is 140 Å². The third-order valence-corrected chi connectivity index (χ3v) is 12.6. The fraction of sp³-hybridized carbons (Fsp3) is 0.158. The fourth-order valence-corrected chi connectivity index (χ4v) is 9.42. The van der Waals surface area contributed by atoms with Crippen molar-refractivity contribution in [2.75, 3.05) is 0 Å². The third kappa shape index (κ3) is 6.73. The normalized spacial score (nSPS) is 11.9. The van der Waals surface area contributed by atoms with Crippen LogP contribution >= 0.6 is 0 Å². The molecule has 0 spiro atoms. The fourth-order valence-electron chi connectivity index (χ4n) is 9.42. The zero-order valence-corrected chi connectivity index (χ0v) is 38.7. The molecule has 5 nitrogen and oxygen atoms in total. The van der Waals surface area contributed by atoms with Crippen molar-refractivity contribution in [1.82, 2.24) is 18.9 Å². The molecule has 0 saturated carbocycles. The van der Waals surface area contributed by atoms with Crippen molar-refractivity contribution >= 4 is 60.2 Å². The van der Waals surface area contributed by atoms with Crippen LogP contribution < -0.4 is 4.74 Å². The van der Waals surface area contributed by atoms with Crippen molar-refractivity contribution in [3.05, 3.63) is 179 Å². The number of fused-ring (bicyclic) bond motifs is 10. The molecule has 310 valence electrons. The monoisotopic (exact) mass is 997 g/mol. The van der Waals surface area contributed by atoms with Gasteiger partial charge in [-0.25, -0.2) is 0 Å². The Balaban J connectivity index is 0.00000471. The zero-order chi connectivity index (χ0) is 42.4. The molecule has 0 saturated heterocycles. The van der Waals surface area contributed by atoms with Gasteiger partial charge in [-0.05, 0) is 118 Å². The largest absolute Gasteiger partial charge is 2.00 e. The molecule has 0 aliphatic rings. The second kappa shape index (κ2) is 15.7. The van der Waals surface area contributed by atoms with Crippen molar-refractivity contribution < 1.29 is 25.8 Å². The van der Waals surface area contributed by atoms with Gasteiger partial charge in [-0.3, -0.25) is 9.97 Å². The Morgan fingerprint density at radius 1 is 0.540 bits per heavy atom. The minimum absolute atomic E-state index is 0. The average molecular weight is 998 g/mol. The Bertz CT molecular complexity index is 3570. The summed E-state index contributed by atoms with van der Waals surface area (Å²) in [5, 5.41) is 5.59. The van der Waals surface area contributed by atoms with E-state index in [9.17, 15) is 0 Å². The molecule has 11 rings (SSSR count). The standard InChI is InChI=1S/C57H46N4O.Pt/c1-33(2)45-28-42(38-16-9-8-10-17-38)29-46(34(3)4)55(45)61-51-23-14-13-22-49(51)58-56(61)41-20-15-21-43(27-41)62-44-24-37(7)54-47-25-35(5)36(6)26-52(47)60-53-31-40-19-12-11-18-39(40)30-50(53)59-57(60)48(54)32-44;/h8-26,28-31,33-34H,1-7H3;/q-2;+2. The summed E-state index contributed by atoms with van der Waals surface area (Å²) in [6.07, 6.45) is 0. The first-order valence-corrected chi connectivity index (χ1v) is 21.6. The predicted molar refractivity (Wildman–Crippen MR) is 257 cm³/mol. The van der Waals surface area contributed by atoms with Crippen LogP contribution in [0.4, 0.5) is 0 Å². The maximum Gasteiger partial charge on any atom is 2.00 e. The Morgan fingerprint density at radius 3 is 1.97 bits per heavy atom. The first-order valence-electron chi connectivity index (χ1n) is 21.6. The summed E-state index contributed by atoms with van der Waals surface area (Å²) >= 11 is 0. The van der Waals surface area contributed by atoms with Crippen LogP contribution in [0.2, 0.25) is 0 Å². The molecular formula is C57H46N4OPt. The second-order valence-corrected chi connectivity index (χ2v) is 17.4. The summed E-state index contributed by atoms with van der Waals surface area (Å²) in [5.74, 6) is 2.54. The molecule has 11 aromatic rings. The summed E-state index contributed by atoms with van der Waals surface area (Å²) in [4.78, 5) is 10.6. The first-order chi connectivity index (χ1) is 30.1. The molecule has 3 heterocycles. The second-order valence-electron chi connectivity index (χ2n) is 17.4. The van der Waals surface area contributed by atoms with E-state index in [4.69, 9.17) is 14.7 Å². The number of aryl methyl sites for hydroxylation is 3. The van der Waals surface area contributed by atoms with Crippen molar-refractivity contribution in [1.29, 1.82) is 0 Å². The first kappa shape index (κ1) is 40.5. The predicted octanol–water partition coefficient (Wildman–Crippen LogP) is 15.2. The maximum absolute atomic E-state index is 6.79. The number of para-hydroxylation sites is 2. The van der Waals surface area contributed by atoms with Gasteiger partial charge in [-0.2, -0.15) is 0 Å². The van der Waals surface area contributed by atoms with Gasteiger partial charge in [0.15, 0.2) is 0 Å². The Kier molecular flexibility index (Phi) is 10.1. The maximum atomic E-state index is 6.79. The van der Waals surface area contributed by atoms with Gasteiger partial charge in [0.2, 0.25) is 0 Å². The molecule has 0 bridgehead atoms. The summed E-state index contributed by atoms with van der Waals surface area (Å²) in [5.41, 5.74) is 16.6. The van der Waals surface area contributed by atoms with Crippen molar-refractivity contribution in [3.8, 4) is 39.7 Å². The number of aromatic nitrogens is 4. The molecule has 3 aromatic heterocycles. The van der Waals surface area contributed by atoms with Crippen molar-refractivity contribution in [3.63, 3.8) is 0 Å². The van der Waals surface area contributed by atoms with Crippen LogP contribution in [0.1, 0.15) is 67.3 Å². The number of imidazole rings is 2. The van der Waals surface area contributed by atoms with Gasteiger partial charge in [0.05, 0.1) is 33.5 Å². The minimum Gasteiger partial charge on any atom is -0.497 e. The molecule has 0 fully saturated rings. The van der Waals surface area contributed by atoms with Crippen molar-refractivity contribution in [2.45, 2.75) is 60.3 Å². The van der Waals surface area contributed by atoms with Crippen LogP contribution in [0.5, 0.6) is 11.5 Å². The molecule has 0 amide bonds. The molecule has 0 unspecified atom stereocenters. The van der Waals surface area contributed by atoms with Gasteiger partial charge in [0.1, 0.15) is 0 Å². The van der Waals surface area contributed by atoms with E-state index in [0.717, 1.165) is 61.0 Å². The summed E-state index contributed by atoms with van der Waals surface area (Å²) in [6.45, 7) is 15.7. The van der Waals surface area contributed by atoms with E-state index >= 15 is 0 Å². The Labute approximate surface area is 382 Å². The van der Waals surface area contributed by atoms with Crippen molar-refractivity contribution in [2.24, 2.45) is 0 Å². The van der Waals surface area contributed by atoms with Crippen LogP contribution in [-0.2, 0) is 21.1 Å². The molecule has 63 heavy (non-hydrogen) atoms. The Hall–Kier alpha value is -6.55. The van der Waals surface area contributed by atoms with E-state index in [0.29, 0.717) is 11.5 Å². The van der Waals surface area contributed by atoms with E-state index < -0.39 is 0 Å². The van der Waals surface area contributed by atoms with Gasteiger partial charge in [0.25, 0.3) is 0 Å². The van der Waals surface area contributed by atoms with Crippen LogP contribution in [0.25, 0.3) is 88.4 Å². The minimum atomic E-state index is 0. The number of rotatable bonds is 7. The number of benzene rings is 8. The quantitative estimate of drug-likeness (QED) is 0.118. The summed E-state index contributed by atoms with van der Waals surface area (Å²) in [6, 6.07) is 57.0. The number of nitrogens with zero attached hydrogens (tertiary/aromatic N) is 4. The number of hydrogen-bond acceptors (Lipinski definition) is 3. The number of ether oxygens (including phenoxy) is 1. The van der Waals surface area contributed by atoms with E-state index in [1.54, 1.807) is 0 Å². The van der Waals surface area contributed by atoms with E-state index in [1.165, 1.54) is 55.2 Å². The molecular weight excluding hydrogens is 952 g/mol. The molecule has 0 radical (unpaired) electrons. The molecule has 8 aromatic carbocycles. The van der Waals surface area contributed by atoms with E-state index in [2.05, 4.69) is 197 Å². The topological polar surface area (TPSA) is 44.3 Å². The third-order valence-electron chi connectivity index (χ3n) is 12.6. The summed E-state index contributed by atoms with van der Waals surface area (Å²) in [7, 11) is 0. The van der Waals surface area contributed by atoms with Gasteiger partial charge in [-0.15, -0.1) is 29.3 Å². The van der Waals surface area contributed by atoms with Crippen LogP contribution in [0, 0.1) is 32.9 Å². The van der Waals surface area contributed by atoms with Gasteiger partial charge in [-0.1, -0.05) is 136 Å². The Morgan fingerprint density at radius 2 is 1.22 bits per heavy atom. The molecule has 0 aliphatic carbocycles. The van der Waals surface area contributed by atoms with Gasteiger partial charge >= 0.3 is 21.1 Å². The average Bonchev–Trinajstić information content (AvgIpc) is 3.85. The van der Waals surface area contributed by atoms with E-state index in [-0.39, 0.29) is 32.9 Å².